The highest BCUT2D eigenvalue weighted by Gasteiger charge is 2.22. The molecule has 2 aromatic heterocycles. The lowest BCUT2D eigenvalue weighted by Crippen LogP contribution is -2.26. The van der Waals surface area contributed by atoms with Crippen LogP contribution in [-0.2, 0) is 12.8 Å². The first-order valence-electron chi connectivity index (χ1n) is 8.57. The number of anilines is 2. The normalized spacial score (nSPS) is 18.0. The number of hydrogen-bond donors (Lipinski definition) is 0. The zero-order valence-electron chi connectivity index (χ0n) is 13.7. The molecule has 4 rings (SSSR count). The molecule has 5 heteroatoms. The van der Waals surface area contributed by atoms with Crippen molar-refractivity contribution < 1.29 is 0 Å². The molecule has 2 aromatic rings. The van der Waals surface area contributed by atoms with Crippen molar-refractivity contribution in [2.45, 2.75) is 32.6 Å². The minimum absolute atomic E-state index is 0.938. The van der Waals surface area contributed by atoms with Crippen LogP contribution in [0.5, 0.6) is 0 Å². The van der Waals surface area contributed by atoms with Crippen molar-refractivity contribution in [2.24, 2.45) is 0 Å². The van der Waals surface area contributed by atoms with Crippen LogP contribution >= 0.6 is 0 Å². The van der Waals surface area contributed by atoms with Crippen molar-refractivity contribution in [1.29, 1.82) is 0 Å². The van der Waals surface area contributed by atoms with Crippen LogP contribution in [0, 0.1) is 6.92 Å². The summed E-state index contributed by atoms with van der Waals surface area (Å²) in [4.78, 5) is 18.7. The van der Waals surface area contributed by atoms with Crippen molar-refractivity contribution in [3.8, 4) is 0 Å². The second kappa shape index (κ2) is 6.14. The van der Waals surface area contributed by atoms with Crippen LogP contribution in [0.25, 0.3) is 0 Å². The molecular formula is C18H23N5. The molecule has 0 saturated carbocycles. The van der Waals surface area contributed by atoms with Gasteiger partial charge in [-0.25, -0.2) is 9.97 Å². The third kappa shape index (κ3) is 2.87. The molecule has 2 aliphatic heterocycles. The largest absolute Gasteiger partial charge is 0.370 e. The lowest BCUT2D eigenvalue weighted by Gasteiger charge is -2.21. The Bertz CT molecular complexity index is 679. The Kier molecular flexibility index (Phi) is 3.85. The van der Waals surface area contributed by atoms with Crippen molar-refractivity contribution in [3.63, 3.8) is 0 Å². The summed E-state index contributed by atoms with van der Waals surface area (Å²) in [5, 5.41) is 0. The zero-order chi connectivity index (χ0) is 15.6. The molecule has 0 bridgehead atoms. The van der Waals surface area contributed by atoms with E-state index in [1.54, 1.807) is 0 Å². The number of pyridine rings is 1. The molecule has 2 aliphatic rings. The zero-order valence-corrected chi connectivity index (χ0v) is 13.7. The molecule has 23 heavy (non-hydrogen) atoms. The molecule has 0 atom stereocenters. The predicted molar refractivity (Wildman–Crippen MR) is 92.1 cm³/mol. The minimum Gasteiger partial charge on any atom is -0.370 e. The fourth-order valence-electron chi connectivity index (χ4n) is 3.63. The van der Waals surface area contributed by atoms with E-state index >= 15 is 0 Å². The Labute approximate surface area is 137 Å². The molecule has 0 radical (unpaired) electrons. The molecule has 0 spiro atoms. The van der Waals surface area contributed by atoms with Gasteiger partial charge in [-0.05, 0) is 43.9 Å². The summed E-state index contributed by atoms with van der Waals surface area (Å²) in [6.07, 6.45) is 8.28. The van der Waals surface area contributed by atoms with Gasteiger partial charge in [-0.15, -0.1) is 0 Å². The van der Waals surface area contributed by atoms with Gasteiger partial charge in [0.25, 0.3) is 0 Å². The topological polar surface area (TPSA) is 45.2 Å². The summed E-state index contributed by atoms with van der Waals surface area (Å²) in [7, 11) is 0. The van der Waals surface area contributed by atoms with E-state index in [0.29, 0.717) is 0 Å². The second-order valence-electron chi connectivity index (χ2n) is 6.43. The Balaban J connectivity index is 1.59. The molecular weight excluding hydrogens is 286 g/mol. The average molecular weight is 309 g/mol. The van der Waals surface area contributed by atoms with E-state index in [-0.39, 0.29) is 0 Å². The van der Waals surface area contributed by atoms with Gasteiger partial charge in [-0.3, -0.25) is 4.98 Å². The fraction of sp³-hybridized carbons (Fsp3) is 0.500. The summed E-state index contributed by atoms with van der Waals surface area (Å²) in [5.74, 6) is 0.938. The van der Waals surface area contributed by atoms with Gasteiger partial charge in [0.15, 0.2) is 0 Å². The van der Waals surface area contributed by atoms with E-state index in [0.717, 1.165) is 50.7 Å². The highest BCUT2D eigenvalue weighted by atomic mass is 15.3. The van der Waals surface area contributed by atoms with Gasteiger partial charge in [-0.1, -0.05) is 0 Å². The lowest BCUT2D eigenvalue weighted by molar-refractivity contribution is 0.798. The number of aryl methyl sites for hydroxylation is 1. The van der Waals surface area contributed by atoms with Crippen LogP contribution in [0.15, 0.2) is 24.5 Å². The third-order valence-corrected chi connectivity index (χ3v) is 4.94. The first kappa shape index (κ1) is 14.4. The van der Waals surface area contributed by atoms with E-state index in [2.05, 4.69) is 27.8 Å². The Morgan fingerprint density at radius 3 is 2.57 bits per heavy atom. The maximum Gasteiger partial charge on any atom is 0.225 e. The van der Waals surface area contributed by atoms with Gasteiger partial charge < -0.3 is 9.80 Å². The van der Waals surface area contributed by atoms with Crippen LogP contribution < -0.4 is 9.80 Å². The molecule has 1 saturated heterocycles. The number of rotatable bonds is 2. The van der Waals surface area contributed by atoms with Crippen molar-refractivity contribution >= 4 is 11.6 Å². The fourth-order valence-corrected chi connectivity index (χ4v) is 3.63. The highest BCUT2D eigenvalue weighted by molar-refractivity contribution is 5.46. The molecule has 0 aliphatic carbocycles. The van der Waals surface area contributed by atoms with E-state index in [1.165, 1.54) is 29.8 Å². The molecule has 0 amide bonds. The van der Waals surface area contributed by atoms with E-state index in [9.17, 15) is 0 Å². The smallest absolute Gasteiger partial charge is 0.225 e. The maximum absolute atomic E-state index is 4.92. The van der Waals surface area contributed by atoms with Crippen molar-refractivity contribution in [2.75, 3.05) is 36.0 Å². The molecule has 0 unspecified atom stereocenters. The second-order valence-corrected chi connectivity index (χ2v) is 6.43. The van der Waals surface area contributed by atoms with Gasteiger partial charge in [0.05, 0.1) is 17.6 Å². The van der Waals surface area contributed by atoms with Crippen LogP contribution in [0.1, 0.15) is 29.8 Å². The first-order valence-corrected chi connectivity index (χ1v) is 8.57. The summed E-state index contributed by atoms with van der Waals surface area (Å²) in [6.45, 7) is 6.33. The minimum atomic E-state index is 0.938. The number of aromatic nitrogens is 3. The number of fused-ring (bicyclic) bond motifs is 1. The Morgan fingerprint density at radius 2 is 1.78 bits per heavy atom. The average Bonchev–Trinajstić information content (AvgIpc) is 3.03. The summed E-state index contributed by atoms with van der Waals surface area (Å²) in [6, 6.07) is 4.14. The molecule has 1 fully saturated rings. The first-order chi connectivity index (χ1) is 11.3. The van der Waals surface area contributed by atoms with Crippen molar-refractivity contribution in [3.05, 3.63) is 41.5 Å². The summed E-state index contributed by atoms with van der Waals surface area (Å²) < 4.78 is 0. The molecule has 0 N–H and O–H groups in total. The Hall–Kier alpha value is -2.17. The molecule has 120 valence electrons. The lowest BCUT2D eigenvalue weighted by atomic mass is 10.1. The van der Waals surface area contributed by atoms with Crippen LogP contribution in [0.2, 0.25) is 0 Å². The number of hydrogen-bond acceptors (Lipinski definition) is 5. The maximum atomic E-state index is 4.92. The highest BCUT2D eigenvalue weighted by Crippen LogP contribution is 2.24. The third-order valence-electron chi connectivity index (χ3n) is 4.94. The van der Waals surface area contributed by atoms with Gasteiger partial charge in [0, 0.05) is 44.5 Å². The van der Waals surface area contributed by atoms with Crippen LogP contribution in [0.4, 0.5) is 11.6 Å². The van der Waals surface area contributed by atoms with E-state index in [1.807, 2.05) is 18.5 Å². The molecule has 0 aromatic carbocycles. The van der Waals surface area contributed by atoms with E-state index in [4.69, 9.17) is 9.97 Å². The molecule has 4 heterocycles. The number of nitrogens with zero attached hydrogens (tertiary/aromatic N) is 5. The molecule has 5 nitrogen and oxygen atoms in total. The predicted octanol–water partition coefficient (Wildman–Crippen LogP) is 2.39. The standard InChI is InChI=1S/C18H23N5/c1-14-16-6-11-22(15-5-4-8-19-13-15)12-7-17(16)21-18(20-14)23-9-2-3-10-23/h4-5,8,13H,2-3,6-7,9-12H2,1H3. The van der Waals surface area contributed by atoms with Gasteiger partial charge in [-0.2, -0.15) is 0 Å². The van der Waals surface area contributed by atoms with Crippen LogP contribution in [0.3, 0.4) is 0 Å². The SMILES string of the molecule is Cc1nc(N2CCCC2)nc2c1CCN(c1cccnc1)CC2. The van der Waals surface area contributed by atoms with Crippen molar-refractivity contribution in [1.82, 2.24) is 15.0 Å². The van der Waals surface area contributed by atoms with Gasteiger partial charge in [0.1, 0.15) is 0 Å². The quantitative estimate of drug-likeness (QED) is 0.852. The van der Waals surface area contributed by atoms with Gasteiger partial charge >= 0.3 is 0 Å². The van der Waals surface area contributed by atoms with Gasteiger partial charge in [0.2, 0.25) is 5.95 Å². The summed E-state index contributed by atoms with van der Waals surface area (Å²) in [5.41, 5.74) is 4.95. The van der Waals surface area contributed by atoms with E-state index < -0.39 is 0 Å². The monoisotopic (exact) mass is 309 g/mol. The Morgan fingerprint density at radius 1 is 0.957 bits per heavy atom. The van der Waals surface area contributed by atoms with Crippen LogP contribution in [-0.4, -0.2) is 41.1 Å². The summed E-state index contributed by atoms with van der Waals surface area (Å²) >= 11 is 0.